The number of hydrogen-bond acceptors (Lipinski definition) is 2. The first kappa shape index (κ1) is 12.5. The molecule has 2 saturated carbocycles. The third-order valence-corrected chi connectivity index (χ3v) is 6.68. The summed E-state index contributed by atoms with van der Waals surface area (Å²) in [6.45, 7) is 3.36. The highest BCUT2D eigenvalue weighted by atomic mass is 16.1. The molecule has 0 unspecified atom stereocenters. The third kappa shape index (κ3) is 1.86. The minimum atomic E-state index is 0.204. The smallest absolute Gasteiger partial charge is 0.250 e. The van der Waals surface area contributed by atoms with Crippen LogP contribution < -0.4 is 5.56 Å². The molecule has 2 aliphatic heterocycles. The summed E-state index contributed by atoms with van der Waals surface area (Å²) in [6.07, 6.45) is 7.19. The predicted octanol–water partition coefficient (Wildman–Crippen LogP) is 2.46. The minimum absolute atomic E-state index is 0.204. The van der Waals surface area contributed by atoms with Crippen LogP contribution in [0.3, 0.4) is 0 Å². The van der Waals surface area contributed by atoms with Crippen LogP contribution in [0.15, 0.2) is 23.0 Å². The van der Waals surface area contributed by atoms with Crippen molar-refractivity contribution in [3.8, 4) is 0 Å². The summed E-state index contributed by atoms with van der Waals surface area (Å²) < 4.78 is 2.05. The zero-order valence-electron chi connectivity index (χ0n) is 12.6. The van der Waals surface area contributed by atoms with Crippen LogP contribution in [0, 0.1) is 17.8 Å². The van der Waals surface area contributed by atoms with E-state index in [-0.39, 0.29) is 5.56 Å². The lowest BCUT2D eigenvalue weighted by Crippen LogP contribution is -2.51. The quantitative estimate of drug-likeness (QED) is 0.791. The molecule has 5 atom stereocenters. The SMILES string of the molecule is O=c1cccc2n1C[C@H]1C[C@H]2CN([C@@H]2C[C@H]3CC[C@H]2C3)C1. The van der Waals surface area contributed by atoms with E-state index in [1.165, 1.54) is 50.9 Å². The molecule has 1 saturated heterocycles. The lowest BCUT2D eigenvalue weighted by molar-refractivity contribution is 0.0570. The first-order chi connectivity index (χ1) is 10.3. The molecule has 112 valence electrons. The van der Waals surface area contributed by atoms with Gasteiger partial charge < -0.3 is 4.57 Å². The summed E-state index contributed by atoms with van der Waals surface area (Å²) in [6, 6.07) is 6.71. The summed E-state index contributed by atoms with van der Waals surface area (Å²) in [5.41, 5.74) is 1.50. The fraction of sp³-hybridized carbons (Fsp3) is 0.722. The summed E-state index contributed by atoms with van der Waals surface area (Å²) in [7, 11) is 0. The van der Waals surface area contributed by atoms with Gasteiger partial charge in [0.15, 0.2) is 0 Å². The Kier molecular flexibility index (Phi) is 2.64. The second-order valence-electron chi connectivity index (χ2n) is 7.89. The van der Waals surface area contributed by atoms with Crippen molar-refractivity contribution in [3.63, 3.8) is 0 Å². The maximum atomic E-state index is 12.1. The van der Waals surface area contributed by atoms with Crippen LogP contribution in [0.4, 0.5) is 0 Å². The van der Waals surface area contributed by atoms with Gasteiger partial charge in [-0.1, -0.05) is 12.5 Å². The monoisotopic (exact) mass is 284 g/mol. The molecule has 5 rings (SSSR count). The van der Waals surface area contributed by atoms with Crippen molar-refractivity contribution in [3.05, 3.63) is 34.2 Å². The molecule has 1 aromatic rings. The number of aromatic nitrogens is 1. The fourth-order valence-electron chi connectivity index (χ4n) is 5.86. The molecule has 2 aliphatic carbocycles. The first-order valence-corrected chi connectivity index (χ1v) is 8.71. The van der Waals surface area contributed by atoms with Crippen molar-refractivity contribution < 1.29 is 0 Å². The van der Waals surface area contributed by atoms with Gasteiger partial charge in [0, 0.05) is 43.4 Å². The molecule has 4 aliphatic rings. The number of nitrogens with zero attached hydrogens (tertiary/aromatic N) is 2. The molecular weight excluding hydrogens is 260 g/mol. The Morgan fingerprint density at radius 3 is 2.71 bits per heavy atom. The third-order valence-electron chi connectivity index (χ3n) is 6.68. The lowest BCUT2D eigenvalue weighted by atomic mass is 9.81. The van der Waals surface area contributed by atoms with Crippen molar-refractivity contribution in [1.29, 1.82) is 0 Å². The molecular formula is C18H24N2O. The van der Waals surface area contributed by atoms with Gasteiger partial charge in [-0.2, -0.15) is 0 Å². The van der Waals surface area contributed by atoms with Crippen LogP contribution in [0.2, 0.25) is 0 Å². The molecule has 3 fully saturated rings. The van der Waals surface area contributed by atoms with Crippen LogP contribution in [-0.2, 0) is 6.54 Å². The number of likely N-dealkylation sites (tertiary alicyclic amines) is 1. The molecule has 1 aromatic heterocycles. The van der Waals surface area contributed by atoms with Gasteiger partial charge >= 0.3 is 0 Å². The number of pyridine rings is 1. The number of fused-ring (bicyclic) bond motifs is 6. The highest BCUT2D eigenvalue weighted by Crippen LogP contribution is 2.48. The van der Waals surface area contributed by atoms with Crippen molar-refractivity contribution in [1.82, 2.24) is 9.47 Å². The van der Waals surface area contributed by atoms with Gasteiger partial charge in [-0.05, 0) is 49.5 Å². The van der Waals surface area contributed by atoms with E-state index in [4.69, 9.17) is 0 Å². The van der Waals surface area contributed by atoms with E-state index >= 15 is 0 Å². The van der Waals surface area contributed by atoms with Crippen molar-refractivity contribution >= 4 is 0 Å². The van der Waals surface area contributed by atoms with Gasteiger partial charge in [-0.25, -0.2) is 0 Å². The lowest BCUT2D eigenvalue weighted by Gasteiger charge is -2.46. The van der Waals surface area contributed by atoms with Crippen LogP contribution in [0.5, 0.6) is 0 Å². The minimum Gasteiger partial charge on any atom is -0.312 e. The Labute approximate surface area is 126 Å². The molecule has 0 amide bonds. The Morgan fingerprint density at radius 1 is 0.952 bits per heavy atom. The van der Waals surface area contributed by atoms with Crippen LogP contribution >= 0.6 is 0 Å². The normalized spacial score (nSPS) is 41.2. The van der Waals surface area contributed by atoms with Crippen LogP contribution in [0.1, 0.15) is 43.7 Å². The molecule has 4 bridgehead atoms. The molecule has 0 N–H and O–H groups in total. The van der Waals surface area contributed by atoms with Gasteiger partial charge in [0.1, 0.15) is 0 Å². The van der Waals surface area contributed by atoms with E-state index in [0.717, 1.165) is 24.4 Å². The van der Waals surface area contributed by atoms with Crippen LogP contribution in [-0.4, -0.2) is 28.6 Å². The van der Waals surface area contributed by atoms with Crippen LogP contribution in [0.25, 0.3) is 0 Å². The number of rotatable bonds is 1. The topological polar surface area (TPSA) is 25.2 Å². The molecule has 0 radical (unpaired) electrons. The largest absolute Gasteiger partial charge is 0.312 e. The molecule has 3 heterocycles. The van der Waals surface area contributed by atoms with E-state index in [1.54, 1.807) is 6.07 Å². The molecule has 3 nitrogen and oxygen atoms in total. The molecule has 21 heavy (non-hydrogen) atoms. The average Bonchev–Trinajstić information content (AvgIpc) is 3.11. The zero-order chi connectivity index (χ0) is 14.0. The van der Waals surface area contributed by atoms with E-state index in [0.29, 0.717) is 11.8 Å². The number of piperidine rings is 1. The Hall–Kier alpha value is -1.09. The zero-order valence-corrected chi connectivity index (χ0v) is 12.6. The highest BCUT2D eigenvalue weighted by molar-refractivity contribution is 5.17. The van der Waals surface area contributed by atoms with E-state index < -0.39 is 0 Å². The summed E-state index contributed by atoms with van der Waals surface area (Å²) >= 11 is 0. The van der Waals surface area contributed by atoms with Crippen molar-refractivity contribution in [2.75, 3.05) is 13.1 Å². The standard InChI is InChI=1S/C18H24N2O/c21-18-3-1-2-16-15-7-13(10-20(16)18)9-19(11-15)17-8-12-4-5-14(17)6-12/h1-3,12-15,17H,4-11H2/t12-,13-,14-,15-,17+/m0/s1. The molecule has 0 spiro atoms. The van der Waals surface area contributed by atoms with Gasteiger partial charge in [0.2, 0.25) is 0 Å². The van der Waals surface area contributed by atoms with Gasteiger partial charge in [-0.15, -0.1) is 0 Å². The maximum absolute atomic E-state index is 12.1. The molecule has 3 heteroatoms. The average molecular weight is 284 g/mol. The predicted molar refractivity (Wildman–Crippen MR) is 82.4 cm³/mol. The highest BCUT2D eigenvalue weighted by Gasteiger charge is 2.45. The first-order valence-electron chi connectivity index (χ1n) is 8.71. The fourth-order valence-corrected chi connectivity index (χ4v) is 5.86. The van der Waals surface area contributed by atoms with Gasteiger partial charge in [0.25, 0.3) is 5.56 Å². The van der Waals surface area contributed by atoms with Crippen molar-refractivity contribution in [2.45, 2.75) is 50.6 Å². The van der Waals surface area contributed by atoms with Gasteiger partial charge in [-0.3, -0.25) is 9.69 Å². The van der Waals surface area contributed by atoms with Crippen molar-refractivity contribution in [2.24, 2.45) is 17.8 Å². The summed E-state index contributed by atoms with van der Waals surface area (Å²) in [4.78, 5) is 14.9. The second kappa shape index (κ2) is 4.45. The number of hydrogen-bond donors (Lipinski definition) is 0. The van der Waals surface area contributed by atoms with Gasteiger partial charge in [0.05, 0.1) is 0 Å². The Morgan fingerprint density at radius 2 is 1.90 bits per heavy atom. The summed E-state index contributed by atoms with van der Waals surface area (Å²) in [5, 5.41) is 0. The Bertz CT molecular complexity index is 622. The Balaban J connectivity index is 1.44. The maximum Gasteiger partial charge on any atom is 0.250 e. The van der Waals surface area contributed by atoms with E-state index in [1.807, 2.05) is 6.07 Å². The van der Waals surface area contributed by atoms with E-state index in [9.17, 15) is 4.79 Å². The summed E-state index contributed by atoms with van der Waals surface area (Å²) in [5.74, 6) is 3.28. The molecule has 0 aromatic carbocycles. The second-order valence-corrected chi connectivity index (χ2v) is 7.89. The van der Waals surface area contributed by atoms with E-state index in [2.05, 4.69) is 15.5 Å².